The van der Waals surface area contributed by atoms with Crippen LogP contribution >= 0.6 is 15.9 Å². The molecule has 2 N–H and O–H groups in total. The molecule has 1 aliphatic heterocycles. The van der Waals surface area contributed by atoms with E-state index in [1.54, 1.807) is 48.5 Å². The average Bonchev–Trinajstić information content (AvgIpc) is 2.82. The number of methoxy groups -OCH3 is 2. The van der Waals surface area contributed by atoms with E-state index in [1.165, 1.54) is 18.9 Å². The molecule has 168 valence electrons. The molecule has 1 atom stereocenters. The van der Waals surface area contributed by atoms with Crippen LogP contribution in [-0.4, -0.2) is 31.9 Å². The summed E-state index contributed by atoms with van der Waals surface area (Å²) in [5, 5.41) is 10.1. The molecule has 33 heavy (non-hydrogen) atoms. The van der Waals surface area contributed by atoms with E-state index in [1.807, 2.05) is 0 Å². The number of ether oxygens (including phenoxy) is 2. The van der Waals surface area contributed by atoms with Crippen molar-refractivity contribution < 1.29 is 23.9 Å². The molecular formula is C24H20BrN3O5. The van der Waals surface area contributed by atoms with Gasteiger partial charge in [0.05, 0.1) is 43.0 Å². The summed E-state index contributed by atoms with van der Waals surface area (Å²) < 4.78 is 10.6. The fraction of sp³-hybridized carbons (Fsp3) is 0.167. The lowest BCUT2D eigenvalue weighted by molar-refractivity contribution is -0.139. The molecule has 1 aliphatic rings. The number of nitriles is 1. The fourth-order valence-corrected chi connectivity index (χ4v) is 4.11. The highest BCUT2D eigenvalue weighted by atomic mass is 79.9. The summed E-state index contributed by atoms with van der Waals surface area (Å²) in [5.41, 5.74) is 7.10. The van der Waals surface area contributed by atoms with Crippen LogP contribution in [0.4, 0.5) is 5.69 Å². The second-order valence-corrected chi connectivity index (χ2v) is 7.97. The molecule has 2 aromatic carbocycles. The maximum absolute atomic E-state index is 13.1. The zero-order valence-electron chi connectivity index (χ0n) is 18.1. The number of benzene rings is 2. The molecule has 0 amide bonds. The van der Waals surface area contributed by atoms with E-state index in [4.69, 9.17) is 15.2 Å². The molecule has 2 aromatic rings. The van der Waals surface area contributed by atoms with Gasteiger partial charge in [0, 0.05) is 10.0 Å². The van der Waals surface area contributed by atoms with Crippen molar-refractivity contribution in [1.29, 1.82) is 5.26 Å². The molecule has 0 bridgehead atoms. The molecule has 8 nitrogen and oxygen atoms in total. The molecule has 0 aromatic heterocycles. The van der Waals surface area contributed by atoms with Crippen LogP contribution in [0.15, 0.2) is 75.7 Å². The Labute approximate surface area is 199 Å². The maximum atomic E-state index is 13.1. The fourth-order valence-electron chi connectivity index (χ4n) is 3.75. The number of ketones is 1. The van der Waals surface area contributed by atoms with Crippen molar-refractivity contribution in [2.45, 2.75) is 12.8 Å². The monoisotopic (exact) mass is 509 g/mol. The number of carbonyl (C=O) groups excluding carboxylic acids is 3. The molecule has 1 heterocycles. The number of Topliss-reactive ketones (excluding diaryl/α,β-unsaturated/α-hetero) is 1. The number of rotatable bonds is 5. The van der Waals surface area contributed by atoms with Gasteiger partial charge in [0.1, 0.15) is 11.5 Å². The van der Waals surface area contributed by atoms with Crippen molar-refractivity contribution >= 4 is 39.3 Å². The molecule has 9 heteroatoms. The van der Waals surface area contributed by atoms with Gasteiger partial charge in [-0.1, -0.05) is 46.3 Å². The lowest BCUT2D eigenvalue weighted by Crippen LogP contribution is -2.41. The predicted molar refractivity (Wildman–Crippen MR) is 124 cm³/mol. The third-order valence-corrected chi connectivity index (χ3v) is 5.68. The van der Waals surface area contributed by atoms with E-state index < -0.39 is 17.9 Å². The number of nitrogens with zero attached hydrogens (tertiary/aromatic N) is 2. The lowest BCUT2D eigenvalue weighted by atomic mass is 9.80. The molecule has 3 rings (SSSR count). The quantitative estimate of drug-likeness (QED) is 0.479. The Hall–Kier alpha value is -3.90. The highest BCUT2D eigenvalue weighted by Crippen LogP contribution is 2.44. The standard InChI is InChI=1S/C24H20BrN3O5/c1-13(29)16-11-15(25)9-10-18(16)28-21(24(31)33-3)20(23(30)32-2)19(17(12-26)22(28)27)14-7-5-4-6-8-14/h4-11,19H,27H2,1-3H3. The van der Waals surface area contributed by atoms with Gasteiger partial charge in [-0.3, -0.25) is 9.69 Å². The number of hydrogen-bond acceptors (Lipinski definition) is 8. The number of halogens is 1. The number of esters is 2. The van der Waals surface area contributed by atoms with Gasteiger partial charge in [-0.15, -0.1) is 0 Å². The smallest absolute Gasteiger partial charge is 0.355 e. The molecule has 0 saturated heterocycles. The summed E-state index contributed by atoms with van der Waals surface area (Å²) in [6.45, 7) is 1.36. The van der Waals surface area contributed by atoms with E-state index in [0.29, 0.717) is 10.0 Å². The molecule has 0 saturated carbocycles. The van der Waals surface area contributed by atoms with Crippen molar-refractivity contribution in [1.82, 2.24) is 0 Å². The molecule has 0 aliphatic carbocycles. The lowest BCUT2D eigenvalue weighted by Gasteiger charge is -2.36. The maximum Gasteiger partial charge on any atom is 0.355 e. The predicted octanol–water partition coefficient (Wildman–Crippen LogP) is 3.55. The second-order valence-electron chi connectivity index (χ2n) is 7.05. The van der Waals surface area contributed by atoms with E-state index in [9.17, 15) is 19.6 Å². The molecule has 0 spiro atoms. The van der Waals surface area contributed by atoms with Gasteiger partial charge in [-0.25, -0.2) is 9.59 Å². The SMILES string of the molecule is COC(=O)C1=C(C(=O)OC)N(c2ccc(Br)cc2C(C)=O)C(N)=C(C#N)C1c1ccccc1. The Balaban J connectivity index is 2.48. The van der Waals surface area contributed by atoms with E-state index in [2.05, 4.69) is 22.0 Å². The Kier molecular flexibility index (Phi) is 6.99. The first-order valence-electron chi connectivity index (χ1n) is 9.72. The Morgan fingerprint density at radius 3 is 2.24 bits per heavy atom. The van der Waals surface area contributed by atoms with Crippen LogP contribution in [0.3, 0.4) is 0 Å². The van der Waals surface area contributed by atoms with Gasteiger partial charge < -0.3 is 15.2 Å². The molecule has 1 unspecified atom stereocenters. The number of carbonyl (C=O) groups is 3. The van der Waals surface area contributed by atoms with Crippen molar-refractivity contribution in [2.75, 3.05) is 19.1 Å². The number of anilines is 1. The van der Waals surface area contributed by atoms with Crippen molar-refractivity contribution in [3.8, 4) is 6.07 Å². The Morgan fingerprint density at radius 2 is 1.70 bits per heavy atom. The van der Waals surface area contributed by atoms with E-state index >= 15 is 0 Å². The zero-order valence-corrected chi connectivity index (χ0v) is 19.7. The first-order chi connectivity index (χ1) is 15.8. The van der Waals surface area contributed by atoms with Gasteiger partial charge in [-0.2, -0.15) is 5.26 Å². The Morgan fingerprint density at radius 1 is 1.06 bits per heavy atom. The normalized spacial score (nSPS) is 15.7. The van der Waals surface area contributed by atoms with E-state index in [0.717, 1.165) is 7.11 Å². The number of nitrogens with two attached hydrogens (primary N) is 1. The van der Waals surface area contributed by atoms with E-state index in [-0.39, 0.29) is 39.7 Å². The zero-order chi connectivity index (χ0) is 24.3. The third kappa shape index (κ3) is 4.25. The summed E-state index contributed by atoms with van der Waals surface area (Å²) in [6.07, 6.45) is 0. The summed E-state index contributed by atoms with van der Waals surface area (Å²) in [6, 6.07) is 15.5. The highest BCUT2D eigenvalue weighted by molar-refractivity contribution is 9.10. The van der Waals surface area contributed by atoms with Gasteiger partial charge in [0.25, 0.3) is 0 Å². The van der Waals surface area contributed by atoms with Crippen LogP contribution in [-0.2, 0) is 19.1 Å². The topological polar surface area (TPSA) is 123 Å². The minimum absolute atomic E-state index is 0.0201. The summed E-state index contributed by atoms with van der Waals surface area (Å²) in [5.74, 6) is -3.12. The average molecular weight is 510 g/mol. The van der Waals surface area contributed by atoms with Crippen LogP contribution in [0.1, 0.15) is 28.8 Å². The van der Waals surface area contributed by atoms with Crippen LogP contribution in [0, 0.1) is 11.3 Å². The third-order valence-electron chi connectivity index (χ3n) is 5.19. The highest BCUT2D eigenvalue weighted by Gasteiger charge is 2.43. The summed E-state index contributed by atoms with van der Waals surface area (Å²) in [4.78, 5) is 39.7. The number of hydrogen-bond donors (Lipinski definition) is 1. The molecule has 0 fully saturated rings. The second kappa shape index (κ2) is 9.71. The largest absolute Gasteiger partial charge is 0.466 e. The number of allylic oxidation sites excluding steroid dienone is 1. The van der Waals surface area contributed by atoms with Gasteiger partial charge in [-0.05, 0) is 30.7 Å². The van der Waals surface area contributed by atoms with Crippen LogP contribution in [0.5, 0.6) is 0 Å². The van der Waals surface area contributed by atoms with Crippen LogP contribution in [0.2, 0.25) is 0 Å². The summed E-state index contributed by atoms with van der Waals surface area (Å²) >= 11 is 3.33. The van der Waals surface area contributed by atoms with Gasteiger partial charge >= 0.3 is 11.9 Å². The van der Waals surface area contributed by atoms with Crippen molar-refractivity contribution in [3.63, 3.8) is 0 Å². The first-order valence-corrected chi connectivity index (χ1v) is 10.5. The minimum Gasteiger partial charge on any atom is -0.466 e. The molecule has 0 radical (unpaired) electrons. The summed E-state index contributed by atoms with van der Waals surface area (Å²) in [7, 11) is 2.33. The van der Waals surface area contributed by atoms with Gasteiger partial charge in [0.2, 0.25) is 0 Å². The molecular weight excluding hydrogens is 490 g/mol. The van der Waals surface area contributed by atoms with Crippen LogP contribution in [0.25, 0.3) is 0 Å². The van der Waals surface area contributed by atoms with Crippen LogP contribution < -0.4 is 10.6 Å². The Bertz CT molecular complexity index is 1240. The first kappa shape index (κ1) is 23.8. The van der Waals surface area contributed by atoms with Crippen molar-refractivity contribution in [2.24, 2.45) is 5.73 Å². The van der Waals surface area contributed by atoms with Crippen molar-refractivity contribution in [3.05, 3.63) is 86.8 Å². The minimum atomic E-state index is -0.981. The van der Waals surface area contributed by atoms with Gasteiger partial charge in [0.15, 0.2) is 5.78 Å².